The van der Waals surface area contributed by atoms with Gasteiger partial charge in [0.15, 0.2) is 0 Å². The minimum atomic E-state index is -3.33. The van der Waals surface area contributed by atoms with Crippen molar-refractivity contribution in [1.82, 2.24) is 4.72 Å². The number of nitrogens with two attached hydrogens (primary N) is 1. The van der Waals surface area contributed by atoms with E-state index in [1.165, 1.54) is 11.3 Å². The number of sulfonamides is 1. The third-order valence-electron chi connectivity index (χ3n) is 2.66. The van der Waals surface area contributed by atoms with E-state index in [0.29, 0.717) is 28.6 Å². The number of hydrogen-bond donors (Lipinski definition) is 2. The Kier molecular flexibility index (Phi) is 5.04. The molecule has 0 bridgehead atoms. The van der Waals surface area contributed by atoms with Crippen molar-refractivity contribution in [3.05, 3.63) is 51.2 Å². The van der Waals surface area contributed by atoms with Gasteiger partial charge in [0.25, 0.3) is 0 Å². The second kappa shape index (κ2) is 6.58. The maximum atomic E-state index is 11.9. The van der Waals surface area contributed by atoms with Crippen LogP contribution in [0.3, 0.4) is 0 Å². The minimum absolute atomic E-state index is 0.0432. The summed E-state index contributed by atoms with van der Waals surface area (Å²) in [6.07, 6.45) is 0.637. The van der Waals surface area contributed by atoms with Gasteiger partial charge in [0.1, 0.15) is 0 Å². The molecular formula is C13H15ClN2O2S2. The molecule has 2 rings (SSSR count). The smallest absolute Gasteiger partial charge is 0.215 e. The minimum Gasteiger partial charge on any atom is -0.399 e. The first-order valence-corrected chi connectivity index (χ1v) is 8.85. The first-order chi connectivity index (χ1) is 9.44. The summed E-state index contributed by atoms with van der Waals surface area (Å²) in [4.78, 5) is 1.06. The lowest BCUT2D eigenvalue weighted by atomic mass is 10.2. The lowest BCUT2D eigenvalue weighted by molar-refractivity contribution is 0.581. The molecule has 7 heteroatoms. The Balaban J connectivity index is 1.86. The molecule has 1 aromatic heterocycles. The molecule has 1 aromatic carbocycles. The van der Waals surface area contributed by atoms with Crippen molar-refractivity contribution in [3.63, 3.8) is 0 Å². The SMILES string of the molecule is Nc1ccc(CS(=O)(=O)NCCc2ccc(Cl)s2)cc1. The van der Waals surface area contributed by atoms with Crippen molar-refractivity contribution in [2.24, 2.45) is 0 Å². The van der Waals surface area contributed by atoms with Gasteiger partial charge in [0.05, 0.1) is 10.1 Å². The first-order valence-electron chi connectivity index (χ1n) is 6.00. The second-order valence-electron chi connectivity index (χ2n) is 4.35. The van der Waals surface area contributed by atoms with Crippen molar-refractivity contribution in [1.29, 1.82) is 0 Å². The zero-order chi connectivity index (χ0) is 14.6. The van der Waals surface area contributed by atoms with Gasteiger partial charge in [-0.1, -0.05) is 23.7 Å². The van der Waals surface area contributed by atoms with E-state index in [9.17, 15) is 8.42 Å². The summed E-state index contributed by atoms with van der Waals surface area (Å²) in [5, 5.41) is 0. The summed E-state index contributed by atoms with van der Waals surface area (Å²) in [7, 11) is -3.33. The molecule has 0 amide bonds. The number of hydrogen-bond acceptors (Lipinski definition) is 4. The van der Waals surface area contributed by atoms with E-state index in [4.69, 9.17) is 17.3 Å². The number of nitrogen functional groups attached to an aromatic ring is 1. The monoisotopic (exact) mass is 330 g/mol. The highest BCUT2D eigenvalue weighted by Gasteiger charge is 2.11. The van der Waals surface area contributed by atoms with E-state index in [1.807, 2.05) is 12.1 Å². The molecule has 0 spiro atoms. The Morgan fingerprint density at radius 2 is 1.85 bits per heavy atom. The van der Waals surface area contributed by atoms with Gasteiger partial charge in [-0.25, -0.2) is 13.1 Å². The van der Waals surface area contributed by atoms with Gasteiger partial charge in [0.2, 0.25) is 10.0 Å². The molecule has 108 valence electrons. The molecule has 3 N–H and O–H groups in total. The van der Waals surface area contributed by atoms with Crippen LogP contribution < -0.4 is 10.5 Å². The molecule has 0 saturated carbocycles. The highest BCUT2D eigenvalue weighted by molar-refractivity contribution is 7.88. The molecule has 0 fully saturated rings. The standard InChI is InChI=1S/C13H15ClN2O2S2/c14-13-6-5-12(19-13)7-8-16-20(17,18)9-10-1-3-11(15)4-2-10/h1-6,16H,7-9,15H2. The Hall–Kier alpha value is -1.08. The zero-order valence-corrected chi connectivity index (χ0v) is 13.1. The van der Waals surface area contributed by atoms with Gasteiger partial charge in [0, 0.05) is 17.1 Å². The summed E-state index contributed by atoms with van der Waals surface area (Å²) >= 11 is 7.28. The van der Waals surface area contributed by atoms with Crippen LogP contribution in [0.1, 0.15) is 10.4 Å². The van der Waals surface area contributed by atoms with E-state index in [-0.39, 0.29) is 5.75 Å². The lowest BCUT2D eigenvalue weighted by Crippen LogP contribution is -2.27. The van der Waals surface area contributed by atoms with E-state index in [0.717, 1.165) is 4.88 Å². The van der Waals surface area contributed by atoms with Crippen molar-refractivity contribution in [2.45, 2.75) is 12.2 Å². The summed E-state index contributed by atoms with van der Waals surface area (Å²) in [6, 6.07) is 10.5. The summed E-state index contributed by atoms with van der Waals surface area (Å²) in [6.45, 7) is 0.369. The predicted molar refractivity (Wildman–Crippen MR) is 84.5 cm³/mol. The fourth-order valence-electron chi connectivity index (χ4n) is 1.70. The number of halogens is 1. The molecule has 1 heterocycles. The molecule has 4 nitrogen and oxygen atoms in total. The maximum absolute atomic E-state index is 11.9. The molecule has 0 aliphatic rings. The maximum Gasteiger partial charge on any atom is 0.215 e. The topological polar surface area (TPSA) is 72.2 Å². The molecule has 0 atom stereocenters. The fraction of sp³-hybridized carbons (Fsp3) is 0.231. The van der Waals surface area contributed by atoms with Crippen molar-refractivity contribution < 1.29 is 8.42 Å². The highest BCUT2D eigenvalue weighted by atomic mass is 35.5. The Morgan fingerprint density at radius 1 is 1.15 bits per heavy atom. The number of nitrogens with one attached hydrogen (secondary N) is 1. The van der Waals surface area contributed by atoms with Crippen LogP contribution in [0, 0.1) is 0 Å². The van der Waals surface area contributed by atoms with E-state index < -0.39 is 10.0 Å². The van der Waals surface area contributed by atoms with Gasteiger partial charge in [-0.05, 0) is 36.2 Å². The average molecular weight is 331 g/mol. The number of rotatable bonds is 6. The van der Waals surface area contributed by atoms with Gasteiger partial charge in [-0.3, -0.25) is 0 Å². The van der Waals surface area contributed by atoms with Gasteiger partial charge < -0.3 is 5.73 Å². The molecule has 0 unspecified atom stereocenters. The fourth-order valence-corrected chi connectivity index (χ4v) is 3.93. The third-order valence-corrected chi connectivity index (χ3v) is 5.31. The number of benzene rings is 1. The summed E-state index contributed by atoms with van der Waals surface area (Å²) in [5.41, 5.74) is 6.90. The molecule has 2 aromatic rings. The Bertz CT molecular complexity index is 666. The van der Waals surface area contributed by atoms with E-state index in [2.05, 4.69) is 4.72 Å². The third kappa shape index (κ3) is 4.79. The predicted octanol–water partition coefficient (Wildman–Crippen LogP) is 2.65. The van der Waals surface area contributed by atoms with Crippen molar-refractivity contribution >= 4 is 38.6 Å². The van der Waals surface area contributed by atoms with E-state index >= 15 is 0 Å². The van der Waals surface area contributed by atoms with Crippen LogP contribution >= 0.6 is 22.9 Å². The van der Waals surface area contributed by atoms with Crippen molar-refractivity contribution in [2.75, 3.05) is 12.3 Å². The van der Waals surface area contributed by atoms with Crippen LogP contribution in [-0.4, -0.2) is 15.0 Å². The van der Waals surface area contributed by atoms with Crippen LogP contribution in [-0.2, 0) is 22.2 Å². The molecule has 0 radical (unpaired) electrons. The van der Waals surface area contributed by atoms with Crippen LogP contribution in [0.5, 0.6) is 0 Å². The Morgan fingerprint density at radius 3 is 2.45 bits per heavy atom. The second-order valence-corrected chi connectivity index (χ2v) is 7.96. The van der Waals surface area contributed by atoms with Gasteiger partial charge in [-0.15, -0.1) is 11.3 Å². The highest BCUT2D eigenvalue weighted by Crippen LogP contribution is 2.21. The Labute approximate surface area is 127 Å². The molecule has 20 heavy (non-hydrogen) atoms. The van der Waals surface area contributed by atoms with Crippen LogP contribution in [0.2, 0.25) is 4.34 Å². The number of thiophene rings is 1. The van der Waals surface area contributed by atoms with Crippen molar-refractivity contribution in [3.8, 4) is 0 Å². The summed E-state index contributed by atoms with van der Waals surface area (Å²) < 4.78 is 27.1. The van der Waals surface area contributed by atoms with Gasteiger partial charge in [-0.2, -0.15) is 0 Å². The normalized spacial score (nSPS) is 11.7. The average Bonchev–Trinajstić information content (AvgIpc) is 2.77. The zero-order valence-electron chi connectivity index (χ0n) is 10.7. The quantitative estimate of drug-likeness (QED) is 0.800. The summed E-state index contributed by atoms with van der Waals surface area (Å²) in [5.74, 6) is -0.0432. The molecule has 0 aliphatic carbocycles. The lowest BCUT2D eigenvalue weighted by Gasteiger charge is -2.06. The molecule has 0 aliphatic heterocycles. The first kappa shape index (κ1) is 15.3. The van der Waals surface area contributed by atoms with Crippen LogP contribution in [0.25, 0.3) is 0 Å². The van der Waals surface area contributed by atoms with Crippen LogP contribution in [0.15, 0.2) is 36.4 Å². The molecule has 0 saturated heterocycles. The molecular weight excluding hydrogens is 316 g/mol. The largest absolute Gasteiger partial charge is 0.399 e. The van der Waals surface area contributed by atoms with Gasteiger partial charge >= 0.3 is 0 Å². The van der Waals surface area contributed by atoms with Crippen LogP contribution in [0.4, 0.5) is 5.69 Å². The van der Waals surface area contributed by atoms with E-state index in [1.54, 1.807) is 24.3 Å². The number of anilines is 1.